The molecule has 0 aliphatic rings. The van der Waals surface area contributed by atoms with Crippen LogP contribution in [0.2, 0.25) is 0 Å². The van der Waals surface area contributed by atoms with Crippen molar-refractivity contribution in [3.8, 4) is 0 Å². The van der Waals surface area contributed by atoms with Crippen LogP contribution in [0.5, 0.6) is 0 Å². The standard InChI is InChI=1S/C16H21N3O2/c1-4-19(11(2)10-21-3)16(20)15-9-13(17)12-7-5-6-8-14(12)18-15/h5-9,11H,4,10H2,1-3H3,(H2,17,18). The van der Waals surface area contributed by atoms with Crippen LogP contribution in [0.3, 0.4) is 0 Å². The van der Waals surface area contributed by atoms with Crippen LogP contribution in [-0.4, -0.2) is 42.1 Å². The Hall–Kier alpha value is -2.14. The highest BCUT2D eigenvalue weighted by molar-refractivity contribution is 5.99. The molecule has 0 radical (unpaired) electrons. The van der Waals surface area contributed by atoms with Crippen LogP contribution >= 0.6 is 0 Å². The Kier molecular flexibility index (Phi) is 4.75. The molecule has 1 amide bonds. The number of amides is 1. The second-order valence-corrected chi connectivity index (χ2v) is 5.01. The van der Waals surface area contributed by atoms with Crippen LogP contribution in [0.25, 0.3) is 10.9 Å². The van der Waals surface area contributed by atoms with Crippen molar-refractivity contribution in [3.05, 3.63) is 36.0 Å². The van der Waals surface area contributed by atoms with Gasteiger partial charge in [-0.2, -0.15) is 0 Å². The first-order valence-corrected chi connectivity index (χ1v) is 7.03. The number of hydrogen-bond acceptors (Lipinski definition) is 4. The maximum atomic E-state index is 12.6. The van der Waals surface area contributed by atoms with E-state index in [1.165, 1.54) is 0 Å². The topological polar surface area (TPSA) is 68.5 Å². The fourth-order valence-corrected chi connectivity index (χ4v) is 2.45. The number of para-hydroxylation sites is 1. The van der Waals surface area contributed by atoms with Crippen LogP contribution in [0, 0.1) is 0 Å². The monoisotopic (exact) mass is 287 g/mol. The molecule has 5 nitrogen and oxygen atoms in total. The lowest BCUT2D eigenvalue weighted by molar-refractivity contribution is 0.0574. The van der Waals surface area contributed by atoms with Crippen LogP contribution in [0.4, 0.5) is 5.69 Å². The molecule has 112 valence electrons. The van der Waals surface area contributed by atoms with Gasteiger partial charge in [-0.3, -0.25) is 4.79 Å². The van der Waals surface area contributed by atoms with Gasteiger partial charge in [0.05, 0.1) is 18.2 Å². The maximum absolute atomic E-state index is 12.6. The number of fused-ring (bicyclic) bond motifs is 1. The molecule has 2 aromatic rings. The SMILES string of the molecule is CCN(C(=O)c1cc(N)c2ccccc2n1)C(C)COC. The molecule has 0 aliphatic heterocycles. The zero-order chi connectivity index (χ0) is 15.4. The Morgan fingerprint density at radius 1 is 1.43 bits per heavy atom. The van der Waals surface area contributed by atoms with E-state index in [4.69, 9.17) is 10.5 Å². The molecule has 0 spiro atoms. The Morgan fingerprint density at radius 3 is 2.81 bits per heavy atom. The largest absolute Gasteiger partial charge is 0.398 e. The third-order valence-electron chi connectivity index (χ3n) is 3.51. The van der Waals surface area contributed by atoms with Gasteiger partial charge in [0.25, 0.3) is 5.91 Å². The summed E-state index contributed by atoms with van der Waals surface area (Å²) in [5, 5.41) is 0.863. The number of nitrogen functional groups attached to an aromatic ring is 1. The number of hydrogen-bond donors (Lipinski definition) is 1. The summed E-state index contributed by atoms with van der Waals surface area (Å²) in [5.41, 5.74) is 7.71. The van der Waals surface area contributed by atoms with Gasteiger partial charge in [0.2, 0.25) is 0 Å². The minimum Gasteiger partial charge on any atom is -0.398 e. The minimum absolute atomic E-state index is 0.0120. The van der Waals surface area contributed by atoms with Gasteiger partial charge in [-0.1, -0.05) is 18.2 Å². The average Bonchev–Trinajstić information content (AvgIpc) is 2.48. The molecule has 1 heterocycles. The first-order valence-electron chi connectivity index (χ1n) is 7.03. The van der Waals surface area contributed by atoms with Gasteiger partial charge in [-0.15, -0.1) is 0 Å². The summed E-state index contributed by atoms with van der Waals surface area (Å²) in [6, 6.07) is 9.18. The molecule has 1 unspecified atom stereocenters. The Labute approximate surface area is 124 Å². The van der Waals surface area contributed by atoms with E-state index in [9.17, 15) is 4.79 Å². The van der Waals surface area contributed by atoms with Crippen molar-refractivity contribution in [1.82, 2.24) is 9.88 Å². The fourth-order valence-electron chi connectivity index (χ4n) is 2.45. The van der Waals surface area contributed by atoms with Gasteiger partial charge in [0.1, 0.15) is 5.69 Å². The molecule has 0 saturated heterocycles. The molecule has 2 N–H and O–H groups in total. The average molecular weight is 287 g/mol. The number of methoxy groups -OCH3 is 1. The van der Waals surface area contributed by atoms with E-state index < -0.39 is 0 Å². The lowest BCUT2D eigenvalue weighted by atomic mass is 10.1. The Morgan fingerprint density at radius 2 is 2.14 bits per heavy atom. The van der Waals surface area contributed by atoms with Crippen molar-refractivity contribution < 1.29 is 9.53 Å². The van der Waals surface area contributed by atoms with Crippen molar-refractivity contribution in [1.29, 1.82) is 0 Å². The molecule has 0 aliphatic carbocycles. The molecule has 2 rings (SSSR count). The molecular formula is C16H21N3O2. The number of pyridine rings is 1. The quantitative estimate of drug-likeness (QED) is 0.916. The number of carbonyl (C=O) groups is 1. The number of nitrogens with zero attached hydrogens (tertiary/aromatic N) is 2. The summed E-state index contributed by atoms with van der Waals surface area (Å²) in [6.07, 6.45) is 0. The van der Waals surface area contributed by atoms with E-state index in [1.807, 2.05) is 38.1 Å². The van der Waals surface area contributed by atoms with E-state index in [0.29, 0.717) is 24.5 Å². The summed E-state index contributed by atoms with van der Waals surface area (Å²) in [7, 11) is 1.63. The van der Waals surface area contributed by atoms with Crippen LogP contribution in [0.15, 0.2) is 30.3 Å². The number of likely N-dealkylation sites (N-methyl/N-ethyl adjacent to an activating group) is 1. The molecule has 1 atom stereocenters. The minimum atomic E-state index is -0.125. The predicted molar refractivity (Wildman–Crippen MR) is 84.2 cm³/mol. The lowest BCUT2D eigenvalue weighted by Gasteiger charge is -2.27. The van der Waals surface area contributed by atoms with Crippen molar-refractivity contribution in [2.45, 2.75) is 19.9 Å². The number of aromatic nitrogens is 1. The number of anilines is 1. The highest BCUT2D eigenvalue weighted by Crippen LogP contribution is 2.21. The van der Waals surface area contributed by atoms with Gasteiger partial charge >= 0.3 is 0 Å². The van der Waals surface area contributed by atoms with Crippen molar-refractivity contribution in [2.75, 3.05) is 26.0 Å². The van der Waals surface area contributed by atoms with Gasteiger partial charge in [0.15, 0.2) is 0 Å². The zero-order valence-electron chi connectivity index (χ0n) is 12.7. The van der Waals surface area contributed by atoms with E-state index in [0.717, 1.165) is 10.9 Å². The van der Waals surface area contributed by atoms with Crippen molar-refractivity contribution in [2.24, 2.45) is 0 Å². The van der Waals surface area contributed by atoms with E-state index >= 15 is 0 Å². The number of ether oxygens (including phenoxy) is 1. The van der Waals surface area contributed by atoms with Gasteiger partial charge < -0.3 is 15.4 Å². The third kappa shape index (κ3) is 3.13. The van der Waals surface area contributed by atoms with Crippen LogP contribution in [0.1, 0.15) is 24.3 Å². The molecule has 0 saturated carbocycles. The lowest BCUT2D eigenvalue weighted by Crippen LogP contribution is -2.41. The Bertz CT molecular complexity index is 642. The van der Waals surface area contributed by atoms with E-state index in [2.05, 4.69) is 4.98 Å². The predicted octanol–water partition coefficient (Wildman–Crippen LogP) is 2.31. The Balaban J connectivity index is 2.38. The summed E-state index contributed by atoms with van der Waals surface area (Å²) in [5.74, 6) is -0.125. The smallest absolute Gasteiger partial charge is 0.272 e. The first kappa shape index (κ1) is 15.3. The highest BCUT2D eigenvalue weighted by Gasteiger charge is 2.21. The second kappa shape index (κ2) is 6.54. The van der Waals surface area contributed by atoms with Crippen LogP contribution < -0.4 is 5.73 Å². The molecule has 21 heavy (non-hydrogen) atoms. The van der Waals surface area contributed by atoms with Gasteiger partial charge in [-0.25, -0.2) is 4.98 Å². The molecule has 1 aromatic carbocycles. The zero-order valence-corrected chi connectivity index (χ0v) is 12.7. The second-order valence-electron chi connectivity index (χ2n) is 5.01. The highest BCUT2D eigenvalue weighted by atomic mass is 16.5. The molecular weight excluding hydrogens is 266 g/mol. The number of benzene rings is 1. The van der Waals surface area contributed by atoms with Crippen molar-refractivity contribution >= 4 is 22.5 Å². The van der Waals surface area contributed by atoms with Gasteiger partial charge in [-0.05, 0) is 26.0 Å². The molecule has 1 aromatic heterocycles. The van der Waals surface area contributed by atoms with Gasteiger partial charge in [0, 0.05) is 24.7 Å². The van der Waals surface area contributed by atoms with E-state index in [1.54, 1.807) is 18.1 Å². The van der Waals surface area contributed by atoms with Crippen LogP contribution in [-0.2, 0) is 4.74 Å². The molecule has 0 bridgehead atoms. The summed E-state index contributed by atoms with van der Waals surface area (Å²) < 4.78 is 5.13. The fraction of sp³-hybridized carbons (Fsp3) is 0.375. The molecule has 5 heteroatoms. The summed E-state index contributed by atoms with van der Waals surface area (Å²) in [4.78, 5) is 18.8. The summed E-state index contributed by atoms with van der Waals surface area (Å²) >= 11 is 0. The number of rotatable bonds is 5. The maximum Gasteiger partial charge on any atom is 0.272 e. The number of carbonyl (C=O) groups excluding carboxylic acids is 1. The number of nitrogens with two attached hydrogens (primary N) is 1. The normalized spacial score (nSPS) is 12.3. The molecule has 0 fully saturated rings. The first-order chi connectivity index (χ1) is 10.1. The summed E-state index contributed by atoms with van der Waals surface area (Å²) in [6.45, 7) is 4.98. The van der Waals surface area contributed by atoms with Crippen molar-refractivity contribution in [3.63, 3.8) is 0 Å². The third-order valence-corrected chi connectivity index (χ3v) is 3.51. The van der Waals surface area contributed by atoms with E-state index in [-0.39, 0.29) is 11.9 Å².